The number of H-pyrrole nitrogens is 1. The van der Waals surface area contributed by atoms with E-state index in [1.807, 2.05) is 43.6 Å². The number of carbonyl (C=O) groups excluding carboxylic acids is 1. The Kier molecular flexibility index (Phi) is 3.78. The fraction of sp³-hybridized carbons (Fsp3) is 0.263. The SMILES string of the molecule is Cc1ncc2c(c1CNC(=O)c1cccc3cc[nH]c13)CCNC2. The summed E-state index contributed by atoms with van der Waals surface area (Å²) in [5.74, 6) is -0.0611. The molecule has 3 heterocycles. The number of nitrogens with zero attached hydrogens (tertiary/aromatic N) is 1. The third-order valence-electron chi connectivity index (χ3n) is 4.73. The molecule has 0 spiro atoms. The maximum absolute atomic E-state index is 12.6. The average molecular weight is 320 g/mol. The second kappa shape index (κ2) is 6.09. The molecule has 0 fully saturated rings. The quantitative estimate of drug-likeness (QED) is 0.694. The van der Waals surface area contributed by atoms with Crippen molar-refractivity contribution in [1.29, 1.82) is 0 Å². The lowest BCUT2D eigenvalue weighted by molar-refractivity contribution is 0.0952. The zero-order valence-electron chi connectivity index (χ0n) is 13.6. The van der Waals surface area contributed by atoms with E-state index in [2.05, 4.69) is 20.6 Å². The number of aryl methyl sites for hydroxylation is 1. The van der Waals surface area contributed by atoms with Crippen molar-refractivity contribution in [3.8, 4) is 0 Å². The Morgan fingerprint density at radius 2 is 2.25 bits per heavy atom. The summed E-state index contributed by atoms with van der Waals surface area (Å²) in [6.07, 6.45) is 4.79. The molecule has 0 unspecified atom stereocenters. The fourth-order valence-corrected chi connectivity index (χ4v) is 3.42. The Hall–Kier alpha value is -2.66. The number of pyridine rings is 1. The molecule has 3 aromatic rings. The minimum Gasteiger partial charge on any atom is -0.361 e. The highest BCUT2D eigenvalue weighted by molar-refractivity contribution is 6.05. The number of fused-ring (bicyclic) bond motifs is 2. The maximum Gasteiger partial charge on any atom is 0.253 e. The fourth-order valence-electron chi connectivity index (χ4n) is 3.42. The number of hydrogen-bond donors (Lipinski definition) is 3. The number of nitrogens with one attached hydrogen (secondary N) is 3. The van der Waals surface area contributed by atoms with E-state index in [1.54, 1.807) is 0 Å². The van der Waals surface area contributed by atoms with Gasteiger partial charge >= 0.3 is 0 Å². The van der Waals surface area contributed by atoms with Crippen LogP contribution < -0.4 is 10.6 Å². The van der Waals surface area contributed by atoms with Crippen LogP contribution in [0.2, 0.25) is 0 Å². The molecule has 0 bridgehead atoms. The number of hydrogen-bond acceptors (Lipinski definition) is 3. The predicted octanol–water partition coefficient (Wildman–Crippen LogP) is 2.45. The molecule has 0 atom stereocenters. The summed E-state index contributed by atoms with van der Waals surface area (Å²) in [6.45, 7) is 4.35. The number of rotatable bonds is 3. The molecular formula is C19H20N4O. The van der Waals surface area contributed by atoms with Crippen molar-refractivity contribution < 1.29 is 4.79 Å². The summed E-state index contributed by atoms with van der Waals surface area (Å²) in [5, 5.41) is 7.48. The predicted molar refractivity (Wildman–Crippen MR) is 93.9 cm³/mol. The molecule has 5 heteroatoms. The highest BCUT2D eigenvalue weighted by atomic mass is 16.1. The molecule has 0 saturated carbocycles. The molecule has 0 radical (unpaired) electrons. The molecule has 122 valence electrons. The van der Waals surface area contributed by atoms with Crippen LogP contribution in [0.25, 0.3) is 10.9 Å². The van der Waals surface area contributed by atoms with Crippen LogP contribution in [-0.4, -0.2) is 22.4 Å². The first-order chi connectivity index (χ1) is 11.7. The molecule has 1 amide bonds. The third kappa shape index (κ3) is 2.57. The summed E-state index contributed by atoms with van der Waals surface area (Å²) >= 11 is 0. The minimum atomic E-state index is -0.0611. The van der Waals surface area contributed by atoms with E-state index in [0.29, 0.717) is 12.1 Å². The van der Waals surface area contributed by atoms with Crippen LogP contribution in [0.5, 0.6) is 0 Å². The van der Waals surface area contributed by atoms with Crippen LogP contribution in [0.15, 0.2) is 36.7 Å². The monoisotopic (exact) mass is 320 g/mol. The van der Waals surface area contributed by atoms with Crippen molar-refractivity contribution in [2.45, 2.75) is 26.4 Å². The Morgan fingerprint density at radius 3 is 3.17 bits per heavy atom. The molecule has 1 aliphatic heterocycles. The van der Waals surface area contributed by atoms with Gasteiger partial charge in [0.2, 0.25) is 0 Å². The van der Waals surface area contributed by atoms with Gasteiger partial charge < -0.3 is 15.6 Å². The zero-order chi connectivity index (χ0) is 16.5. The van der Waals surface area contributed by atoms with E-state index < -0.39 is 0 Å². The normalized spacial score (nSPS) is 13.7. The van der Waals surface area contributed by atoms with Crippen molar-refractivity contribution in [2.24, 2.45) is 0 Å². The van der Waals surface area contributed by atoms with Gasteiger partial charge in [0.25, 0.3) is 5.91 Å². The summed E-state index contributed by atoms with van der Waals surface area (Å²) in [5.41, 5.74) is 6.27. The summed E-state index contributed by atoms with van der Waals surface area (Å²) in [7, 11) is 0. The molecule has 0 saturated heterocycles. The van der Waals surface area contributed by atoms with Gasteiger partial charge in [-0.1, -0.05) is 12.1 Å². The third-order valence-corrected chi connectivity index (χ3v) is 4.73. The topological polar surface area (TPSA) is 69.8 Å². The summed E-state index contributed by atoms with van der Waals surface area (Å²) in [4.78, 5) is 20.3. The van der Waals surface area contributed by atoms with E-state index in [9.17, 15) is 4.79 Å². The smallest absolute Gasteiger partial charge is 0.253 e. The van der Waals surface area contributed by atoms with E-state index in [4.69, 9.17) is 0 Å². The molecule has 3 N–H and O–H groups in total. The van der Waals surface area contributed by atoms with E-state index in [0.717, 1.165) is 41.7 Å². The molecular weight excluding hydrogens is 300 g/mol. The first-order valence-corrected chi connectivity index (χ1v) is 8.25. The van der Waals surface area contributed by atoms with Gasteiger partial charge in [-0.25, -0.2) is 0 Å². The summed E-state index contributed by atoms with van der Waals surface area (Å²) in [6, 6.07) is 7.73. The van der Waals surface area contributed by atoms with Crippen molar-refractivity contribution in [3.05, 3.63) is 64.6 Å². The van der Waals surface area contributed by atoms with Gasteiger partial charge in [-0.15, -0.1) is 0 Å². The molecule has 2 aromatic heterocycles. The van der Waals surface area contributed by atoms with E-state index in [1.165, 1.54) is 11.1 Å². The number of amides is 1. The second-order valence-electron chi connectivity index (χ2n) is 6.18. The van der Waals surface area contributed by atoms with Crippen LogP contribution in [-0.2, 0) is 19.5 Å². The Labute approximate surface area is 140 Å². The van der Waals surface area contributed by atoms with Gasteiger partial charge in [0.1, 0.15) is 0 Å². The van der Waals surface area contributed by atoms with Crippen molar-refractivity contribution >= 4 is 16.8 Å². The number of carbonyl (C=O) groups is 1. The maximum atomic E-state index is 12.6. The molecule has 1 aliphatic rings. The van der Waals surface area contributed by atoms with Gasteiger partial charge in [-0.2, -0.15) is 0 Å². The zero-order valence-corrected chi connectivity index (χ0v) is 13.6. The highest BCUT2D eigenvalue weighted by Crippen LogP contribution is 2.21. The molecule has 0 aliphatic carbocycles. The molecule has 24 heavy (non-hydrogen) atoms. The van der Waals surface area contributed by atoms with Gasteiger partial charge in [0.15, 0.2) is 0 Å². The Bertz CT molecular complexity index is 913. The highest BCUT2D eigenvalue weighted by Gasteiger charge is 2.17. The van der Waals surface area contributed by atoms with Crippen LogP contribution in [0, 0.1) is 6.92 Å². The number of benzene rings is 1. The van der Waals surface area contributed by atoms with Gasteiger partial charge in [0.05, 0.1) is 11.1 Å². The number of aromatic amines is 1. The lowest BCUT2D eigenvalue weighted by atomic mass is 9.96. The van der Waals surface area contributed by atoms with Crippen LogP contribution in [0.3, 0.4) is 0 Å². The standard InChI is InChI=1S/C19H20N4O/c1-12-17(15-6-7-20-9-14(15)10-22-12)11-23-19(24)16-4-2-3-13-5-8-21-18(13)16/h2-5,8,10,20-21H,6-7,9,11H2,1H3,(H,23,24). The summed E-state index contributed by atoms with van der Waals surface area (Å²) < 4.78 is 0. The van der Waals surface area contributed by atoms with Gasteiger partial charge in [0, 0.05) is 36.6 Å². The lowest BCUT2D eigenvalue weighted by Crippen LogP contribution is -2.29. The lowest BCUT2D eigenvalue weighted by Gasteiger charge is -2.21. The average Bonchev–Trinajstić information content (AvgIpc) is 3.09. The Morgan fingerprint density at radius 1 is 1.33 bits per heavy atom. The van der Waals surface area contributed by atoms with Crippen LogP contribution in [0.4, 0.5) is 0 Å². The molecule has 4 rings (SSSR count). The van der Waals surface area contributed by atoms with Gasteiger partial charge in [-0.05, 0) is 48.7 Å². The second-order valence-corrected chi connectivity index (χ2v) is 6.18. The molecule has 1 aromatic carbocycles. The van der Waals surface area contributed by atoms with Crippen LogP contribution >= 0.6 is 0 Å². The minimum absolute atomic E-state index is 0.0611. The largest absolute Gasteiger partial charge is 0.361 e. The van der Waals surface area contributed by atoms with E-state index in [-0.39, 0.29) is 5.91 Å². The van der Waals surface area contributed by atoms with Gasteiger partial charge in [-0.3, -0.25) is 9.78 Å². The van der Waals surface area contributed by atoms with E-state index >= 15 is 0 Å². The first kappa shape index (κ1) is 14.9. The number of para-hydroxylation sites is 1. The van der Waals surface area contributed by atoms with Crippen molar-refractivity contribution in [1.82, 2.24) is 20.6 Å². The molecule has 5 nitrogen and oxygen atoms in total. The first-order valence-electron chi connectivity index (χ1n) is 8.25. The number of aromatic nitrogens is 2. The van der Waals surface area contributed by atoms with Crippen LogP contribution in [0.1, 0.15) is 32.7 Å². The van der Waals surface area contributed by atoms with Crippen molar-refractivity contribution in [3.63, 3.8) is 0 Å². The van der Waals surface area contributed by atoms with Crippen molar-refractivity contribution in [2.75, 3.05) is 6.54 Å². The Balaban J connectivity index is 1.59.